The van der Waals surface area contributed by atoms with Crippen molar-refractivity contribution in [3.05, 3.63) is 33.8 Å². The maximum atomic E-state index is 12.4. The molecule has 1 amide bonds. The van der Waals surface area contributed by atoms with E-state index in [1.807, 2.05) is 11.8 Å². The fraction of sp³-hybridized carbons (Fsp3) is 0.429. The molecular weight excluding hydrogens is 310 g/mol. The number of carboxylic acids is 1. The standard InChI is InChI=1S/C14H16BrNO3/c1-9-4-2-3-5-16(9)13(17)10-6-11(14(18)19)8-12(15)7-10/h6-9H,2-5H2,1H3,(H,18,19). The monoisotopic (exact) mass is 325 g/mol. The summed E-state index contributed by atoms with van der Waals surface area (Å²) < 4.78 is 0.611. The number of carboxylic acid groups (broad SMARTS) is 1. The van der Waals surface area contributed by atoms with Crippen molar-refractivity contribution in [2.24, 2.45) is 0 Å². The van der Waals surface area contributed by atoms with Gasteiger partial charge in [-0.2, -0.15) is 0 Å². The number of amides is 1. The molecule has 0 aromatic heterocycles. The van der Waals surface area contributed by atoms with Gasteiger partial charge in [0.1, 0.15) is 0 Å². The molecule has 0 aliphatic carbocycles. The summed E-state index contributed by atoms with van der Waals surface area (Å²) in [6, 6.07) is 4.83. The predicted octanol–water partition coefficient (Wildman–Crippen LogP) is 3.16. The number of rotatable bonds is 2. The fourth-order valence-corrected chi connectivity index (χ4v) is 2.90. The van der Waals surface area contributed by atoms with E-state index < -0.39 is 5.97 Å². The minimum atomic E-state index is -1.03. The summed E-state index contributed by atoms with van der Waals surface area (Å²) in [6.07, 6.45) is 3.16. The lowest BCUT2D eigenvalue weighted by molar-refractivity contribution is 0.0635. The third-order valence-electron chi connectivity index (χ3n) is 3.46. The fourth-order valence-electron chi connectivity index (χ4n) is 2.40. The number of hydrogen-bond acceptors (Lipinski definition) is 2. The first kappa shape index (κ1) is 14.1. The van der Waals surface area contributed by atoms with Gasteiger partial charge in [-0.25, -0.2) is 4.79 Å². The zero-order valence-electron chi connectivity index (χ0n) is 10.7. The summed E-state index contributed by atoms with van der Waals surface area (Å²) in [4.78, 5) is 25.3. The van der Waals surface area contributed by atoms with Crippen LogP contribution < -0.4 is 0 Å². The Balaban J connectivity index is 2.30. The van der Waals surface area contributed by atoms with Crippen LogP contribution in [0.15, 0.2) is 22.7 Å². The van der Waals surface area contributed by atoms with E-state index in [1.54, 1.807) is 6.07 Å². The number of nitrogens with zero attached hydrogens (tertiary/aromatic N) is 1. The maximum absolute atomic E-state index is 12.4. The van der Waals surface area contributed by atoms with Crippen molar-refractivity contribution in [1.29, 1.82) is 0 Å². The summed E-state index contributed by atoms with van der Waals surface area (Å²) in [5, 5.41) is 9.03. The molecule has 1 aliphatic heterocycles. The summed E-state index contributed by atoms with van der Waals surface area (Å²) in [5.41, 5.74) is 0.558. The average Bonchev–Trinajstić information content (AvgIpc) is 2.37. The molecule has 0 radical (unpaired) electrons. The lowest BCUT2D eigenvalue weighted by atomic mass is 10.0. The Morgan fingerprint density at radius 2 is 1.95 bits per heavy atom. The Hall–Kier alpha value is -1.36. The minimum Gasteiger partial charge on any atom is -0.478 e. The number of benzene rings is 1. The molecule has 4 nitrogen and oxygen atoms in total. The molecule has 1 aliphatic rings. The molecule has 1 unspecified atom stereocenters. The van der Waals surface area contributed by atoms with Crippen molar-refractivity contribution < 1.29 is 14.7 Å². The van der Waals surface area contributed by atoms with Crippen LogP contribution in [0.1, 0.15) is 46.9 Å². The van der Waals surface area contributed by atoms with Crippen molar-refractivity contribution in [3.63, 3.8) is 0 Å². The van der Waals surface area contributed by atoms with Crippen LogP contribution in [0.4, 0.5) is 0 Å². The highest BCUT2D eigenvalue weighted by molar-refractivity contribution is 9.10. The van der Waals surface area contributed by atoms with E-state index in [2.05, 4.69) is 15.9 Å². The molecule has 1 heterocycles. The molecular formula is C14H16BrNO3. The molecule has 1 N–H and O–H groups in total. The summed E-state index contributed by atoms with van der Waals surface area (Å²) >= 11 is 3.25. The van der Waals surface area contributed by atoms with Gasteiger partial charge >= 0.3 is 5.97 Å². The zero-order valence-corrected chi connectivity index (χ0v) is 12.3. The molecule has 19 heavy (non-hydrogen) atoms. The van der Waals surface area contributed by atoms with E-state index in [0.29, 0.717) is 10.0 Å². The first-order valence-corrected chi connectivity index (χ1v) is 7.13. The Labute approximate surface area is 120 Å². The van der Waals surface area contributed by atoms with Crippen LogP contribution in [0.3, 0.4) is 0 Å². The molecule has 1 aromatic rings. The van der Waals surface area contributed by atoms with Gasteiger partial charge in [0.25, 0.3) is 5.91 Å². The second-order valence-corrected chi connectivity index (χ2v) is 5.79. The van der Waals surface area contributed by atoms with Gasteiger partial charge < -0.3 is 10.0 Å². The zero-order chi connectivity index (χ0) is 14.0. The first-order valence-electron chi connectivity index (χ1n) is 6.34. The van der Waals surface area contributed by atoms with Gasteiger partial charge in [0, 0.05) is 22.6 Å². The summed E-state index contributed by atoms with van der Waals surface area (Å²) in [7, 11) is 0. The Bertz CT molecular complexity index is 515. The highest BCUT2D eigenvalue weighted by atomic mass is 79.9. The number of aromatic carboxylic acids is 1. The summed E-state index contributed by atoms with van der Waals surface area (Å²) in [6.45, 7) is 2.78. The molecule has 1 saturated heterocycles. The van der Waals surface area contributed by atoms with Crippen LogP contribution in [0.25, 0.3) is 0 Å². The van der Waals surface area contributed by atoms with Crippen LogP contribution in [0, 0.1) is 0 Å². The lowest BCUT2D eigenvalue weighted by Crippen LogP contribution is -2.42. The lowest BCUT2D eigenvalue weighted by Gasteiger charge is -2.33. The maximum Gasteiger partial charge on any atom is 0.335 e. The quantitative estimate of drug-likeness (QED) is 0.908. The van der Waals surface area contributed by atoms with Crippen molar-refractivity contribution in [3.8, 4) is 0 Å². The SMILES string of the molecule is CC1CCCCN1C(=O)c1cc(Br)cc(C(=O)O)c1. The van der Waals surface area contributed by atoms with Gasteiger partial charge in [-0.15, -0.1) is 0 Å². The molecule has 1 fully saturated rings. The predicted molar refractivity (Wildman–Crippen MR) is 75.5 cm³/mol. The van der Waals surface area contributed by atoms with Crippen molar-refractivity contribution in [2.45, 2.75) is 32.2 Å². The topological polar surface area (TPSA) is 57.6 Å². The molecule has 0 bridgehead atoms. The Morgan fingerprint density at radius 3 is 2.58 bits per heavy atom. The van der Waals surface area contributed by atoms with E-state index in [4.69, 9.17) is 5.11 Å². The van der Waals surface area contributed by atoms with E-state index in [9.17, 15) is 9.59 Å². The Kier molecular flexibility index (Phi) is 4.24. The van der Waals surface area contributed by atoms with Crippen LogP contribution in [0.5, 0.6) is 0 Å². The molecule has 1 aromatic carbocycles. The van der Waals surface area contributed by atoms with Crippen molar-refractivity contribution in [2.75, 3.05) is 6.54 Å². The van der Waals surface area contributed by atoms with Crippen LogP contribution >= 0.6 is 15.9 Å². The normalized spacial score (nSPS) is 19.3. The first-order chi connectivity index (χ1) is 8.99. The molecule has 1 atom stereocenters. The van der Waals surface area contributed by atoms with Crippen molar-refractivity contribution in [1.82, 2.24) is 4.90 Å². The molecule has 102 valence electrons. The second-order valence-electron chi connectivity index (χ2n) is 4.88. The number of likely N-dealkylation sites (tertiary alicyclic amines) is 1. The average molecular weight is 326 g/mol. The van der Waals surface area contributed by atoms with E-state index in [-0.39, 0.29) is 17.5 Å². The number of hydrogen-bond donors (Lipinski definition) is 1. The molecule has 5 heteroatoms. The third kappa shape index (κ3) is 3.15. The third-order valence-corrected chi connectivity index (χ3v) is 3.91. The van der Waals surface area contributed by atoms with Gasteiger partial charge in [0.15, 0.2) is 0 Å². The second kappa shape index (κ2) is 5.74. The molecule has 0 spiro atoms. The largest absolute Gasteiger partial charge is 0.478 e. The number of halogens is 1. The van der Waals surface area contributed by atoms with Gasteiger partial charge in [-0.05, 0) is 44.4 Å². The minimum absolute atomic E-state index is 0.0870. The number of carbonyl (C=O) groups excluding carboxylic acids is 1. The highest BCUT2D eigenvalue weighted by Crippen LogP contribution is 2.22. The molecule has 2 rings (SSSR count). The molecule has 0 saturated carbocycles. The van der Waals surface area contributed by atoms with Crippen molar-refractivity contribution >= 4 is 27.8 Å². The van der Waals surface area contributed by atoms with Gasteiger partial charge in [-0.3, -0.25) is 4.79 Å². The van der Waals surface area contributed by atoms with Crippen LogP contribution in [0.2, 0.25) is 0 Å². The smallest absolute Gasteiger partial charge is 0.335 e. The number of piperidine rings is 1. The number of carbonyl (C=O) groups is 2. The van der Waals surface area contributed by atoms with Gasteiger partial charge in [-0.1, -0.05) is 15.9 Å². The van der Waals surface area contributed by atoms with E-state index in [1.165, 1.54) is 12.1 Å². The summed E-state index contributed by atoms with van der Waals surface area (Å²) in [5.74, 6) is -1.11. The highest BCUT2D eigenvalue weighted by Gasteiger charge is 2.25. The van der Waals surface area contributed by atoms with Crippen LogP contribution in [-0.2, 0) is 0 Å². The Morgan fingerprint density at radius 1 is 1.26 bits per heavy atom. The van der Waals surface area contributed by atoms with E-state index in [0.717, 1.165) is 25.8 Å². The van der Waals surface area contributed by atoms with Gasteiger partial charge in [0.05, 0.1) is 5.56 Å². The van der Waals surface area contributed by atoms with Crippen LogP contribution in [-0.4, -0.2) is 34.5 Å². The van der Waals surface area contributed by atoms with Gasteiger partial charge in [0.2, 0.25) is 0 Å². The van der Waals surface area contributed by atoms with E-state index >= 15 is 0 Å².